The molecule has 0 aliphatic heterocycles. The van der Waals surface area contributed by atoms with Crippen LogP contribution >= 0.6 is 0 Å². The van der Waals surface area contributed by atoms with Crippen molar-refractivity contribution in [2.24, 2.45) is 5.73 Å². The largest absolute Gasteiger partial charge is 0.480 e. The molecule has 0 saturated carbocycles. The van der Waals surface area contributed by atoms with Gasteiger partial charge in [-0.15, -0.1) is 0 Å². The average molecular weight is 342 g/mol. The van der Waals surface area contributed by atoms with E-state index in [1.807, 2.05) is 0 Å². The van der Waals surface area contributed by atoms with Gasteiger partial charge in [0.25, 0.3) is 0 Å². The maximum absolute atomic E-state index is 13.0. The molecule has 3 atom stereocenters. The number of nitrogens with one attached hydrogen (secondary N) is 1. The Morgan fingerprint density at radius 2 is 2.00 bits per heavy atom. The number of nitrogens with zero attached hydrogens (tertiary/aromatic N) is 2. The number of carboxylic acids is 1. The molecule has 0 spiro atoms. The van der Waals surface area contributed by atoms with Crippen molar-refractivity contribution in [3.05, 3.63) is 18.5 Å². The molecule has 0 aliphatic rings. The van der Waals surface area contributed by atoms with Crippen LogP contribution in [-0.4, -0.2) is 48.8 Å². The number of hydrogen-bond donors (Lipinski definition) is 3. The first-order valence-electron chi connectivity index (χ1n) is 6.31. The lowest BCUT2D eigenvalue weighted by Gasteiger charge is -2.21. The predicted molar refractivity (Wildman–Crippen MR) is 72.8 cm³/mol. The maximum atomic E-state index is 13.0. The van der Waals surface area contributed by atoms with Gasteiger partial charge in [-0.25, -0.2) is 4.21 Å². The SMILES string of the molecule is N=S(=O)(CCC(n1cccn1)C(F)(F)F)CC[C@H](N)C(=O)O. The molecule has 0 amide bonds. The summed E-state index contributed by atoms with van der Waals surface area (Å²) >= 11 is 0. The molecule has 126 valence electrons. The maximum Gasteiger partial charge on any atom is 0.410 e. The molecular formula is C11H17F3N4O3S. The highest BCUT2D eigenvalue weighted by Gasteiger charge is 2.41. The first kappa shape index (κ1) is 18.4. The van der Waals surface area contributed by atoms with Crippen LogP contribution in [-0.2, 0) is 14.5 Å². The molecule has 0 radical (unpaired) electrons. The van der Waals surface area contributed by atoms with Crippen LogP contribution in [0.2, 0.25) is 0 Å². The van der Waals surface area contributed by atoms with Crippen molar-refractivity contribution in [1.82, 2.24) is 9.78 Å². The highest BCUT2D eigenvalue weighted by Crippen LogP contribution is 2.33. The number of aromatic nitrogens is 2. The minimum atomic E-state index is -4.58. The third-order valence-electron chi connectivity index (χ3n) is 3.02. The highest BCUT2D eigenvalue weighted by atomic mass is 32.2. The molecule has 0 saturated heterocycles. The fraction of sp³-hybridized carbons (Fsp3) is 0.636. The van der Waals surface area contributed by atoms with Crippen molar-refractivity contribution >= 4 is 15.7 Å². The van der Waals surface area contributed by atoms with Gasteiger partial charge in [-0.05, 0) is 18.9 Å². The van der Waals surface area contributed by atoms with Gasteiger partial charge < -0.3 is 10.8 Å². The summed E-state index contributed by atoms with van der Waals surface area (Å²) in [7, 11) is -3.34. The Labute approximate surface area is 125 Å². The van der Waals surface area contributed by atoms with Crippen LogP contribution in [0, 0.1) is 4.78 Å². The Morgan fingerprint density at radius 3 is 2.45 bits per heavy atom. The van der Waals surface area contributed by atoms with Crippen molar-refractivity contribution in [2.45, 2.75) is 31.1 Å². The van der Waals surface area contributed by atoms with Crippen LogP contribution in [0.15, 0.2) is 18.5 Å². The fourth-order valence-corrected chi connectivity index (χ4v) is 3.20. The third-order valence-corrected chi connectivity index (χ3v) is 4.81. The lowest BCUT2D eigenvalue weighted by Crippen LogP contribution is -2.33. The molecule has 4 N–H and O–H groups in total. The normalized spacial score (nSPS) is 17.6. The van der Waals surface area contributed by atoms with E-state index in [0.29, 0.717) is 4.68 Å². The van der Waals surface area contributed by atoms with E-state index >= 15 is 0 Å². The van der Waals surface area contributed by atoms with Gasteiger partial charge in [0.05, 0.1) is 0 Å². The summed E-state index contributed by atoms with van der Waals surface area (Å²) in [6, 6.07) is -1.92. The number of hydrogen-bond acceptors (Lipinski definition) is 5. The first-order valence-corrected chi connectivity index (χ1v) is 8.21. The summed E-state index contributed by atoms with van der Waals surface area (Å²) in [5.74, 6) is -2.17. The van der Waals surface area contributed by atoms with Gasteiger partial charge in [-0.3, -0.25) is 14.3 Å². The van der Waals surface area contributed by atoms with Gasteiger partial charge in [-0.2, -0.15) is 18.3 Å². The number of halogens is 3. The van der Waals surface area contributed by atoms with Gasteiger partial charge in [0.15, 0.2) is 0 Å². The standard InChI is InChI=1S/C11H17F3N4O3S/c12-11(13,14)9(18-5-1-4-17-18)3-7-22(16,21)6-2-8(15)10(19)20/h1,4-5,8-9,16H,2-3,6-7,15H2,(H,19,20)/t8-,9?,22?/m0/s1. The summed E-state index contributed by atoms with van der Waals surface area (Å²) in [4.78, 5) is 10.5. The number of alkyl halides is 3. The number of carbonyl (C=O) groups is 1. The number of carboxylic acid groups (broad SMARTS) is 1. The Kier molecular flexibility index (Phi) is 5.94. The van der Waals surface area contributed by atoms with Gasteiger partial charge >= 0.3 is 12.1 Å². The van der Waals surface area contributed by atoms with Crippen LogP contribution < -0.4 is 5.73 Å². The van der Waals surface area contributed by atoms with Crippen LogP contribution in [0.5, 0.6) is 0 Å². The minimum Gasteiger partial charge on any atom is -0.480 e. The van der Waals surface area contributed by atoms with E-state index in [1.54, 1.807) is 0 Å². The lowest BCUT2D eigenvalue weighted by molar-refractivity contribution is -0.170. The Balaban J connectivity index is 2.67. The number of nitrogens with two attached hydrogens (primary N) is 1. The molecule has 2 unspecified atom stereocenters. The first-order chi connectivity index (χ1) is 10.0. The van der Waals surface area contributed by atoms with Crippen LogP contribution in [0.3, 0.4) is 0 Å². The Hall–Kier alpha value is -1.62. The Bertz CT molecular complexity index is 586. The quantitative estimate of drug-likeness (QED) is 0.656. The van der Waals surface area contributed by atoms with E-state index in [2.05, 4.69) is 5.10 Å². The summed E-state index contributed by atoms with van der Waals surface area (Å²) in [6.07, 6.45) is -3.04. The molecule has 0 aliphatic carbocycles. The van der Waals surface area contributed by atoms with E-state index < -0.39 is 46.1 Å². The summed E-state index contributed by atoms with van der Waals surface area (Å²) in [6.45, 7) is 0. The topological polar surface area (TPSA) is 122 Å². The molecule has 1 aromatic heterocycles. The molecule has 0 bridgehead atoms. The van der Waals surface area contributed by atoms with Gasteiger partial charge in [0.1, 0.15) is 12.1 Å². The van der Waals surface area contributed by atoms with E-state index in [1.165, 1.54) is 12.3 Å². The van der Waals surface area contributed by atoms with Crippen molar-refractivity contribution in [2.75, 3.05) is 11.5 Å². The van der Waals surface area contributed by atoms with Crippen LogP contribution in [0.4, 0.5) is 13.2 Å². The van der Waals surface area contributed by atoms with Crippen molar-refractivity contribution in [3.8, 4) is 0 Å². The zero-order chi connectivity index (χ0) is 17.0. The smallest absolute Gasteiger partial charge is 0.410 e. The second-order valence-electron chi connectivity index (χ2n) is 4.79. The monoisotopic (exact) mass is 342 g/mol. The van der Waals surface area contributed by atoms with Gasteiger partial charge in [0.2, 0.25) is 0 Å². The number of aliphatic carboxylic acids is 1. The predicted octanol–water partition coefficient (Wildman–Crippen LogP) is 1.23. The lowest BCUT2D eigenvalue weighted by atomic mass is 10.2. The molecule has 11 heteroatoms. The van der Waals surface area contributed by atoms with E-state index in [4.69, 9.17) is 15.6 Å². The fourth-order valence-electron chi connectivity index (χ4n) is 1.76. The zero-order valence-electron chi connectivity index (χ0n) is 11.5. The highest BCUT2D eigenvalue weighted by molar-refractivity contribution is 7.92. The van der Waals surface area contributed by atoms with E-state index in [-0.39, 0.29) is 12.2 Å². The molecule has 0 aromatic carbocycles. The molecule has 7 nitrogen and oxygen atoms in total. The third kappa shape index (κ3) is 5.64. The minimum absolute atomic E-state index is 0.226. The van der Waals surface area contributed by atoms with Crippen LogP contribution in [0.25, 0.3) is 0 Å². The second kappa shape index (κ2) is 7.09. The van der Waals surface area contributed by atoms with Crippen LogP contribution in [0.1, 0.15) is 18.9 Å². The van der Waals surface area contributed by atoms with Crippen molar-refractivity contribution in [1.29, 1.82) is 4.78 Å². The molecule has 0 fully saturated rings. The van der Waals surface area contributed by atoms with Gasteiger partial charge in [0, 0.05) is 33.6 Å². The second-order valence-corrected chi connectivity index (χ2v) is 7.23. The van der Waals surface area contributed by atoms with Crippen molar-refractivity contribution < 1.29 is 27.3 Å². The van der Waals surface area contributed by atoms with E-state index in [0.717, 1.165) is 6.20 Å². The zero-order valence-corrected chi connectivity index (χ0v) is 12.3. The van der Waals surface area contributed by atoms with Gasteiger partial charge in [-0.1, -0.05) is 0 Å². The Morgan fingerprint density at radius 1 is 1.41 bits per heavy atom. The molecular weight excluding hydrogens is 325 g/mol. The molecule has 1 rings (SSSR count). The van der Waals surface area contributed by atoms with Crippen molar-refractivity contribution in [3.63, 3.8) is 0 Å². The average Bonchev–Trinajstić information content (AvgIpc) is 2.88. The summed E-state index contributed by atoms with van der Waals surface area (Å²) < 4.78 is 59.1. The van der Waals surface area contributed by atoms with E-state index in [9.17, 15) is 22.2 Å². The number of rotatable bonds is 8. The summed E-state index contributed by atoms with van der Waals surface area (Å²) in [5, 5.41) is 12.1. The summed E-state index contributed by atoms with van der Waals surface area (Å²) in [5.41, 5.74) is 5.22. The molecule has 22 heavy (non-hydrogen) atoms. The molecule has 1 heterocycles. The molecule has 1 aromatic rings.